The van der Waals surface area contributed by atoms with E-state index >= 15 is 0 Å². The molecule has 0 aliphatic carbocycles. The quantitative estimate of drug-likeness (QED) is 0.787. The lowest BCUT2D eigenvalue weighted by molar-refractivity contribution is -0.122. The molecule has 86 valence electrons. The third kappa shape index (κ3) is 4.08. The molecule has 2 N–H and O–H groups in total. The van der Waals surface area contributed by atoms with Gasteiger partial charge >= 0.3 is 0 Å². The van der Waals surface area contributed by atoms with Crippen molar-refractivity contribution in [1.29, 1.82) is 0 Å². The number of amides is 2. The van der Waals surface area contributed by atoms with Crippen LogP contribution < -0.4 is 10.6 Å². The van der Waals surface area contributed by atoms with E-state index in [0.29, 0.717) is 5.82 Å². The average molecular weight is 221 g/mol. The maximum absolute atomic E-state index is 11.4. The Morgan fingerprint density at radius 3 is 2.81 bits per heavy atom. The number of aryl methyl sites for hydroxylation is 1. The van der Waals surface area contributed by atoms with E-state index in [4.69, 9.17) is 0 Å². The van der Waals surface area contributed by atoms with Gasteiger partial charge in [0.25, 0.3) is 0 Å². The summed E-state index contributed by atoms with van der Waals surface area (Å²) >= 11 is 0. The van der Waals surface area contributed by atoms with Crippen molar-refractivity contribution in [2.24, 2.45) is 0 Å². The number of pyridine rings is 1. The molecule has 0 saturated heterocycles. The number of nitrogens with zero attached hydrogens (tertiary/aromatic N) is 1. The fourth-order valence-corrected chi connectivity index (χ4v) is 1.15. The van der Waals surface area contributed by atoms with Crippen LogP contribution in [0.5, 0.6) is 0 Å². The number of carbonyl (C=O) groups is 2. The Labute approximate surface area is 94.3 Å². The lowest BCUT2D eigenvalue weighted by atomic mass is 10.2. The number of anilines is 1. The summed E-state index contributed by atoms with van der Waals surface area (Å²) in [5.74, 6) is -0.00364. The van der Waals surface area contributed by atoms with Crippen molar-refractivity contribution in [2.75, 3.05) is 11.9 Å². The SMILES string of the molecule is CCc1ccnc(NC(=O)CNC(C)=O)c1. The van der Waals surface area contributed by atoms with E-state index in [-0.39, 0.29) is 18.4 Å². The van der Waals surface area contributed by atoms with Crippen LogP contribution in [0.15, 0.2) is 18.3 Å². The smallest absolute Gasteiger partial charge is 0.244 e. The van der Waals surface area contributed by atoms with Crippen LogP contribution in [-0.4, -0.2) is 23.3 Å². The number of aromatic nitrogens is 1. The summed E-state index contributed by atoms with van der Waals surface area (Å²) in [5, 5.41) is 5.02. The van der Waals surface area contributed by atoms with Gasteiger partial charge in [0.1, 0.15) is 5.82 Å². The molecule has 1 aromatic rings. The molecule has 1 aromatic heterocycles. The maximum Gasteiger partial charge on any atom is 0.244 e. The van der Waals surface area contributed by atoms with Crippen molar-refractivity contribution >= 4 is 17.6 Å². The highest BCUT2D eigenvalue weighted by Gasteiger charge is 2.03. The highest BCUT2D eigenvalue weighted by molar-refractivity contribution is 5.93. The van der Waals surface area contributed by atoms with Crippen molar-refractivity contribution in [3.63, 3.8) is 0 Å². The summed E-state index contributed by atoms with van der Waals surface area (Å²) in [5.41, 5.74) is 1.10. The summed E-state index contributed by atoms with van der Waals surface area (Å²) in [4.78, 5) is 26.0. The predicted molar refractivity (Wildman–Crippen MR) is 60.9 cm³/mol. The molecule has 0 bridgehead atoms. The van der Waals surface area contributed by atoms with Gasteiger partial charge < -0.3 is 10.6 Å². The van der Waals surface area contributed by atoms with Crippen LogP contribution >= 0.6 is 0 Å². The molecule has 5 heteroatoms. The third-order valence-corrected chi connectivity index (χ3v) is 2.00. The van der Waals surface area contributed by atoms with Gasteiger partial charge in [0.05, 0.1) is 6.54 Å². The summed E-state index contributed by atoms with van der Waals surface area (Å²) in [6, 6.07) is 3.70. The Hall–Kier alpha value is -1.91. The summed E-state index contributed by atoms with van der Waals surface area (Å²) in [7, 11) is 0. The van der Waals surface area contributed by atoms with E-state index in [1.165, 1.54) is 6.92 Å². The normalized spacial score (nSPS) is 9.62. The van der Waals surface area contributed by atoms with Gasteiger partial charge in [-0.15, -0.1) is 0 Å². The minimum absolute atomic E-state index is 0.0344. The first kappa shape index (κ1) is 12.2. The van der Waals surface area contributed by atoms with Crippen LogP contribution in [0.25, 0.3) is 0 Å². The molecule has 0 saturated carbocycles. The Kier molecular flexibility index (Phi) is 4.44. The number of carbonyl (C=O) groups excluding carboxylic acids is 2. The maximum atomic E-state index is 11.4. The Morgan fingerprint density at radius 2 is 2.19 bits per heavy atom. The zero-order chi connectivity index (χ0) is 12.0. The highest BCUT2D eigenvalue weighted by Crippen LogP contribution is 2.06. The molecule has 5 nitrogen and oxygen atoms in total. The van der Waals surface area contributed by atoms with E-state index in [1.807, 2.05) is 19.1 Å². The van der Waals surface area contributed by atoms with Gasteiger partial charge in [0.2, 0.25) is 11.8 Å². The standard InChI is InChI=1S/C11H15N3O2/c1-3-9-4-5-12-10(6-9)14-11(16)7-13-8(2)15/h4-6H,3,7H2,1-2H3,(H,13,15)(H,12,14,16). The molecule has 0 spiro atoms. The molecule has 2 amide bonds. The second-order valence-corrected chi connectivity index (χ2v) is 3.36. The number of hydrogen-bond donors (Lipinski definition) is 2. The van der Waals surface area contributed by atoms with Crippen molar-refractivity contribution < 1.29 is 9.59 Å². The first-order valence-corrected chi connectivity index (χ1v) is 5.11. The van der Waals surface area contributed by atoms with E-state index < -0.39 is 0 Å². The number of hydrogen-bond acceptors (Lipinski definition) is 3. The van der Waals surface area contributed by atoms with Crippen LogP contribution in [0.4, 0.5) is 5.82 Å². The molecule has 1 rings (SSSR count). The molecule has 0 aromatic carbocycles. The van der Waals surface area contributed by atoms with Crippen LogP contribution in [0.3, 0.4) is 0 Å². The second kappa shape index (κ2) is 5.85. The molecule has 1 heterocycles. The molecule has 0 aliphatic rings. The average Bonchev–Trinajstić information content (AvgIpc) is 2.26. The minimum Gasteiger partial charge on any atom is -0.347 e. The largest absolute Gasteiger partial charge is 0.347 e. The van der Waals surface area contributed by atoms with Crippen molar-refractivity contribution in [3.05, 3.63) is 23.9 Å². The molecule has 0 aliphatic heterocycles. The van der Waals surface area contributed by atoms with Gasteiger partial charge in [0, 0.05) is 13.1 Å². The fourth-order valence-electron chi connectivity index (χ4n) is 1.15. The molecule has 0 atom stereocenters. The first-order chi connectivity index (χ1) is 7.61. The molecule has 16 heavy (non-hydrogen) atoms. The molecule has 0 fully saturated rings. The number of nitrogens with one attached hydrogen (secondary N) is 2. The molecule has 0 radical (unpaired) electrons. The Morgan fingerprint density at radius 1 is 1.44 bits per heavy atom. The predicted octanol–water partition coefficient (Wildman–Crippen LogP) is 0.719. The van der Waals surface area contributed by atoms with Crippen LogP contribution in [0, 0.1) is 0 Å². The van der Waals surface area contributed by atoms with Gasteiger partial charge in [-0.25, -0.2) is 4.98 Å². The van der Waals surface area contributed by atoms with Gasteiger partial charge in [0.15, 0.2) is 0 Å². The second-order valence-electron chi connectivity index (χ2n) is 3.36. The zero-order valence-corrected chi connectivity index (χ0v) is 9.41. The van der Waals surface area contributed by atoms with Gasteiger partial charge in [-0.3, -0.25) is 9.59 Å². The van der Waals surface area contributed by atoms with Crippen LogP contribution in [0.2, 0.25) is 0 Å². The summed E-state index contributed by atoms with van der Waals surface area (Å²) in [6.45, 7) is 3.36. The summed E-state index contributed by atoms with van der Waals surface area (Å²) < 4.78 is 0. The molecule has 0 unspecified atom stereocenters. The van der Waals surface area contributed by atoms with Crippen LogP contribution in [-0.2, 0) is 16.0 Å². The van der Waals surface area contributed by atoms with Gasteiger partial charge in [-0.2, -0.15) is 0 Å². The monoisotopic (exact) mass is 221 g/mol. The lowest BCUT2D eigenvalue weighted by Gasteiger charge is -2.05. The third-order valence-electron chi connectivity index (χ3n) is 2.00. The van der Waals surface area contributed by atoms with Gasteiger partial charge in [-0.05, 0) is 24.1 Å². The van der Waals surface area contributed by atoms with Crippen molar-refractivity contribution in [3.8, 4) is 0 Å². The lowest BCUT2D eigenvalue weighted by Crippen LogP contribution is -2.31. The fraction of sp³-hybridized carbons (Fsp3) is 0.364. The first-order valence-electron chi connectivity index (χ1n) is 5.11. The highest BCUT2D eigenvalue weighted by atomic mass is 16.2. The molecular weight excluding hydrogens is 206 g/mol. The minimum atomic E-state index is -0.282. The Balaban J connectivity index is 2.52. The van der Waals surface area contributed by atoms with Crippen molar-refractivity contribution in [2.45, 2.75) is 20.3 Å². The zero-order valence-electron chi connectivity index (χ0n) is 9.41. The van der Waals surface area contributed by atoms with E-state index in [0.717, 1.165) is 12.0 Å². The number of rotatable bonds is 4. The topological polar surface area (TPSA) is 71.1 Å². The van der Waals surface area contributed by atoms with E-state index in [2.05, 4.69) is 15.6 Å². The van der Waals surface area contributed by atoms with Crippen molar-refractivity contribution in [1.82, 2.24) is 10.3 Å². The summed E-state index contributed by atoms with van der Waals surface area (Å²) in [6.07, 6.45) is 2.53. The van der Waals surface area contributed by atoms with E-state index in [9.17, 15) is 9.59 Å². The molecular formula is C11H15N3O2. The Bertz CT molecular complexity index is 391. The van der Waals surface area contributed by atoms with Crippen LogP contribution in [0.1, 0.15) is 19.4 Å². The van der Waals surface area contributed by atoms with E-state index in [1.54, 1.807) is 6.20 Å². The van der Waals surface area contributed by atoms with Gasteiger partial charge in [-0.1, -0.05) is 6.92 Å².